The van der Waals surface area contributed by atoms with E-state index in [0.717, 1.165) is 29.8 Å². The van der Waals surface area contributed by atoms with E-state index in [0.29, 0.717) is 18.4 Å². The average molecular weight is 367 g/mol. The molecule has 1 N–H and O–H groups in total. The Morgan fingerprint density at radius 2 is 1.88 bits per heavy atom. The van der Waals surface area contributed by atoms with Crippen molar-refractivity contribution < 1.29 is 4.79 Å². The number of rotatable bonds is 4. The predicted molar refractivity (Wildman–Crippen MR) is 108 cm³/mol. The quantitative estimate of drug-likeness (QED) is 0.791. The van der Waals surface area contributed by atoms with Crippen molar-refractivity contribution >= 4 is 22.2 Å². The SMILES string of the molecule is CC(C)(C)c1ccc(CCC(=O)Nc2sc3c(c2C#N)CCCC3)cc1. The first-order chi connectivity index (χ1) is 12.4. The molecule has 1 amide bonds. The molecule has 1 heterocycles. The van der Waals surface area contributed by atoms with Crippen LogP contribution in [0.3, 0.4) is 0 Å². The molecule has 136 valence electrons. The number of carbonyl (C=O) groups is 1. The molecule has 1 aromatic heterocycles. The molecule has 2 aromatic rings. The summed E-state index contributed by atoms with van der Waals surface area (Å²) in [5, 5.41) is 13.2. The predicted octanol–water partition coefficient (Wildman–Crippen LogP) is 5.37. The number of nitriles is 1. The van der Waals surface area contributed by atoms with Crippen LogP contribution < -0.4 is 5.32 Å². The molecule has 0 saturated carbocycles. The van der Waals surface area contributed by atoms with E-state index in [1.54, 1.807) is 11.3 Å². The largest absolute Gasteiger partial charge is 0.317 e. The topological polar surface area (TPSA) is 52.9 Å². The number of thiophene rings is 1. The van der Waals surface area contributed by atoms with Crippen molar-refractivity contribution in [3.05, 3.63) is 51.4 Å². The zero-order chi connectivity index (χ0) is 18.7. The highest BCUT2D eigenvalue weighted by Gasteiger charge is 2.21. The number of benzene rings is 1. The van der Waals surface area contributed by atoms with Gasteiger partial charge in [-0.2, -0.15) is 5.26 Å². The first kappa shape index (κ1) is 18.7. The third-order valence-electron chi connectivity index (χ3n) is 5.00. The van der Waals surface area contributed by atoms with Crippen LogP contribution in [0, 0.1) is 11.3 Å². The number of hydrogen-bond donors (Lipinski definition) is 1. The number of anilines is 1. The molecule has 0 aliphatic heterocycles. The van der Waals surface area contributed by atoms with Gasteiger partial charge in [-0.05, 0) is 54.2 Å². The van der Waals surface area contributed by atoms with E-state index in [-0.39, 0.29) is 11.3 Å². The second kappa shape index (κ2) is 7.63. The first-order valence-electron chi connectivity index (χ1n) is 9.32. The van der Waals surface area contributed by atoms with Gasteiger partial charge in [-0.15, -0.1) is 11.3 Å². The van der Waals surface area contributed by atoms with Crippen molar-refractivity contribution in [2.75, 3.05) is 5.32 Å². The average Bonchev–Trinajstić information content (AvgIpc) is 2.96. The van der Waals surface area contributed by atoms with E-state index in [2.05, 4.69) is 56.4 Å². The van der Waals surface area contributed by atoms with Gasteiger partial charge in [-0.1, -0.05) is 45.0 Å². The standard InChI is InChI=1S/C22H26N2OS/c1-22(2,3)16-11-8-15(9-12-16)10-13-20(25)24-21-18(14-23)17-6-4-5-7-19(17)26-21/h8-9,11-12H,4-7,10,13H2,1-3H3,(H,24,25). The molecular formula is C22H26N2OS. The Labute approximate surface area is 160 Å². The Balaban J connectivity index is 1.61. The summed E-state index contributed by atoms with van der Waals surface area (Å²) >= 11 is 1.59. The van der Waals surface area contributed by atoms with Crippen LogP contribution in [0.1, 0.15) is 67.2 Å². The van der Waals surface area contributed by atoms with Gasteiger partial charge in [0.2, 0.25) is 5.91 Å². The van der Waals surface area contributed by atoms with Crippen LogP contribution in [0.4, 0.5) is 5.00 Å². The fourth-order valence-corrected chi connectivity index (χ4v) is 4.65. The van der Waals surface area contributed by atoms with Crippen LogP contribution in [-0.2, 0) is 29.5 Å². The molecule has 0 fully saturated rings. The molecule has 0 radical (unpaired) electrons. The highest BCUT2D eigenvalue weighted by Crippen LogP contribution is 2.37. The molecule has 3 rings (SSSR count). The van der Waals surface area contributed by atoms with Crippen molar-refractivity contribution in [2.24, 2.45) is 0 Å². The van der Waals surface area contributed by atoms with Gasteiger partial charge < -0.3 is 5.32 Å². The minimum absolute atomic E-state index is 0.0139. The molecule has 4 heteroatoms. The van der Waals surface area contributed by atoms with Gasteiger partial charge in [0.1, 0.15) is 11.1 Å². The molecule has 26 heavy (non-hydrogen) atoms. The lowest BCUT2D eigenvalue weighted by atomic mass is 9.86. The zero-order valence-corrected chi connectivity index (χ0v) is 16.6. The lowest BCUT2D eigenvalue weighted by Gasteiger charge is -2.19. The second-order valence-corrected chi connectivity index (χ2v) is 9.13. The van der Waals surface area contributed by atoms with Crippen LogP contribution in [0.25, 0.3) is 0 Å². The van der Waals surface area contributed by atoms with E-state index in [4.69, 9.17) is 0 Å². The number of nitrogens with zero attached hydrogens (tertiary/aromatic N) is 1. The summed E-state index contributed by atoms with van der Waals surface area (Å²) in [5.74, 6) is -0.0139. The van der Waals surface area contributed by atoms with Crippen LogP contribution >= 0.6 is 11.3 Å². The van der Waals surface area contributed by atoms with Crippen LogP contribution in [0.5, 0.6) is 0 Å². The Morgan fingerprint density at radius 3 is 2.54 bits per heavy atom. The van der Waals surface area contributed by atoms with E-state index in [1.807, 2.05) is 0 Å². The summed E-state index contributed by atoms with van der Waals surface area (Å²) in [6.07, 6.45) is 5.45. The molecule has 0 saturated heterocycles. The lowest BCUT2D eigenvalue weighted by molar-refractivity contribution is -0.116. The summed E-state index contributed by atoms with van der Waals surface area (Å²) in [7, 11) is 0. The highest BCUT2D eigenvalue weighted by molar-refractivity contribution is 7.16. The van der Waals surface area contributed by atoms with Gasteiger partial charge in [0, 0.05) is 11.3 Å². The first-order valence-corrected chi connectivity index (χ1v) is 10.1. The molecule has 3 nitrogen and oxygen atoms in total. The van der Waals surface area contributed by atoms with Gasteiger partial charge in [0.15, 0.2) is 0 Å². The van der Waals surface area contributed by atoms with E-state index < -0.39 is 0 Å². The molecule has 1 aliphatic carbocycles. The van der Waals surface area contributed by atoms with Gasteiger partial charge in [-0.3, -0.25) is 4.79 Å². The van der Waals surface area contributed by atoms with E-state index in [9.17, 15) is 10.1 Å². The van der Waals surface area contributed by atoms with E-state index >= 15 is 0 Å². The Bertz CT molecular complexity index is 835. The summed E-state index contributed by atoms with van der Waals surface area (Å²) < 4.78 is 0. The van der Waals surface area contributed by atoms with E-state index in [1.165, 1.54) is 22.4 Å². The molecule has 0 spiro atoms. The minimum Gasteiger partial charge on any atom is -0.317 e. The highest BCUT2D eigenvalue weighted by atomic mass is 32.1. The molecule has 1 aromatic carbocycles. The summed E-state index contributed by atoms with van der Waals surface area (Å²) in [5.41, 5.74) is 4.46. The zero-order valence-electron chi connectivity index (χ0n) is 15.8. The normalized spacial score (nSPS) is 13.8. The summed E-state index contributed by atoms with van der Waals surface area (Å²) in [6, 6.07) is 10.8. The fraction of sp³-hybridized carbons (Fsp3) is 0.455. The summed E-state index contributed by atoms with van der Waals surface area (Å²) in [4.78, 5) is 13.7. The van der Waals surface area contributed by atoms with Crippen molar-refractivity contribution in [2.45, 2.75) is 64.7 Å². The van der Waals surface area contributed by atoms with Gasteiger partial charge in [-0.25, -0.2) is 0 Å². The Morgan fingerprint density at radius 1 is 1.19 bits per heavy atom. The smallest absolute Gasteiger partial charge is 0.225 e. The third kappa shape index (κ3) is 4.16. The molecule has 0 atom stereocenters. The van der Waals surface area contributed by atoms with Crippen molar-refractivity contribution in [3.63, 3.8) is 0 Å². The maximum Gasteiger partial charge on any atom is 0.225 e. The number of hydrogen-bond acceptors (Lipinski definition) is 3. The number of aryl methyl sites for hydroxylation is 2. The maximum atomic E-state index is 12.4. The molecular weight excluding hydrogens is 340 g/mol. The monoisotopic (exact) mass is 366 g/mol. The van der Waals surface area contributed by atoms with Crippen molar-refractivity contribution in [1.29, 1.82) is 5.26 Å². The molecule has 1 aliphatic rings. The van der Waals surface area contributed by atoms with Gasteiger partial charge in [0.05, 0.1) is 5.56 Å². The minimum atomic E-state index is -0.0139. The molecule has 0 bridgehead atoms. The second-order valence-electron chi connectivity index (χ2n) is 8.02. The Kier molecular flexibility index (Phi) is 5.48. The fourth-order valence-electron chi connectivity index (χ4n) is 3.39. The van der Waals surface area contributed by atoms with Crippen molar-refractivity contribution in [1.82, 2.24) is 0 Å². The van der Waals surface area contributed by atoms with Crippen LogP contribution in [0.15, 0.2) is 24.3 Å². The number of fused-ring (bicyclic) bond motifs is 1. The number of amides is 1. The van der Waals surface area contributed by atoms with Gasteiger partial charge >= 0.3 is 0 Å². The van der Waals surface area contributed by atoms with Crippen molar-refractivity contribution in [3.8, 4) is 6.07 Å². The van der Waals surface area contributed by atoms with Crippen LogP contribution in [-0.4, -0.2) is 5.91 Å². The van der Waals surface area contributed by atoms with Crippen LogP contribution in [0.2, 0.25) is 0 Å². The summed E-state index contributed by atoms with van der Waals surface area (Å²) in [6.45, 7) is 6.59. The lowest BCUT2D eigenvalue weighted by Crippen LogP contribution is -2.13. The number of nitrogens with one attached hydrogen (secondary N) is 1. The maximum absolute atomic E-state index is 12.4. The Hall–Kier alpha value is -2.12. The number of carbonyl (C=O) groups excluding carboxylic acids is 1. The van der Waals surface area contributed by atoms with Gasteiger partial charge in [0.25, 0.3) is 0 Å². The molecule has 0 unspecified atom stereocenters. The third-order valence-corrected chi connectivity index (χ3v) is 6.20.